The zero-order chi connectivity index (χ0) is 23.3. The molecule has 0 fully saturated rings. The Kier molecular flexibility index (Phi) is 6.72. The summed E-state index contributed by atoms with van der Waals surface area (Å²) in [4.78, 5) is 12.9. The lowest BCUT2D eigenvalue weighted by Gasteiger charge is -2.16. The van der Waals surface area contributed by atoms with E-state index < -0.39 is 0 Å². The molecule has 0 atom stereocenters. The van der Waals surface area contributed by atoms with E-state index in [0.717, 1.165) is 38.9 Å². The monoisotopic (exact) mass is 455 g/mol. The number of benzene rings is 3. The number of nitrogens with one attached hydrogen (secondary N) is 2. The number of nitrogens with zero attached hydrogens (tertiary/aromatic N) is 1. The van der Waals surface area contributed by atoms with Crippen LogP contribution in [0.15, 0.2) is 72.8 Å². The normalized spacial score (nSPS) is 13.1. The predicted molar refractivity (Wildman–Crippen MR) is 136 cm³/mol. The number of rotatable bonds is 8. The molecular formula is C29H30FN3O. The number of carbonyl (C=O) groups excluding carboxylic acids is 1. The van der Waals surface area contributed by atoms with Crippen LogP contribution in [0.1, 0.15) is 46.4 Å². The van der Waals surface area contributed by atoms with Gasteiger partial charge in [0.2, 0.25) is 0 Å². The van der Waals surface area contributed by atoms with Crippen LogP contribution in [0.25, 0.3) is 10.9 Å². The van der Waals surface area contributed by atoms with E-state index in [9.17, 15) is 9.18 Å². The average molecular weight is 456 g/mol. The topological polar surface area (TPSA) is 46.1 Å². The fourth-order valence-electron chi connectivity index (χ4n) is 4.96. The molecule has 0 saturated carbocycles. The molecule has 4 nitrogen and oxygen atoms in total. The summed E-state index contributed by atoms with van der Waals surface area (Å²) in [7, 11) is 0. The summed E-state index contributed by atoms with van der Waals surface area (Å²) in [6, 6.07) is 22.4. The Labute approximate surface area is 199 Å². The Bertz CT molecular complexity index is 1280. The van der Waals surface area contributed by atoms with Gasteiger partial charge in [0.25, 0.3) is 5.91 Å². The van der Waals surface area contributed by atoms with Gasteiger partial charge in [-0.05, 0) is 92.2 Å². The van der Waals surface area contributed by atoms with Crippen molar-refractivity contribution in [2.75, 3.05) is 11.9 Å². The van der Waals surface area contributed by atoms with Crippen LogP contribution in [-0.2, 0) is 25.9 Å². The summed E-state index contributed by atoms with van der Waals surface area (Å²) in [5.41, 5.74) is 6.57. The molecule has 1 aliphatic carbocycles. The largest absolute Gasteiger partial charge is 0.344 e. The number of aromatic nitrogens is 1. The van der Waals surface area contributed by atoms with Crippen LogP contribution in [0.4, 0.5) is 10.1 Å². The maximum absolute atomic E-state index is 13.2. The Morgan fingerprint density at radius 3 is 2.56 bits per heavy atom. The molecule has 5 heteroatoms. The Hall–Kier alpha value is -3.44. The van der Waals surface area contributed by atoms with Gasteiger partial charge in [0.05, 0.1) is 0 Å². The molecule has 0 radical (unpaired) electrons. The van der Waals surface area contributed by atoms with Crippen molar-refractivity contribution in [2.45, 2.75) is 45.2 Å². The number of carbonyl (C=O) groups is 1. The highest BCUT2D eigenvalue weighted by atomic mass is 19.1. The molecule has 1 aliphatic rings. The maximum atomic E-state index is 13.2. The molecule has 3 aromatic carbocycles. The third-order valence-corrected chi connectivity index (χ3v) is 6.65. The van der Waals surface area contributed by atoms with Crippen LogP contribution in [0, 0.1) is 5.82 Å². The van der Waals surface area contributed by atoms with Gasteiger partial charge in [0.1, 0.15) is 5.82 Å². The highest BCUT2D eigenvalue weighted by molar-refractivity contribution is 6.06. The van der Waals surface area contributed by atoms with Crippen LogP contribution in [0.5, 0.6) is 0 Å². The Morgan fingerprint density at radius 1 is 0.941 bits per heavy atom. The lowest BCUT2D eigenvalue weighted by molar-refractivity contribution is 0.102. The molecule has 1 heterocycles. The van der Waals surface area contributed by atoms with Crippen molar-refractivity contribution < 1.29 is 9.18 Å². The number of fused-ring (bicyclic) bond motifs is 3. The molecule has 174 valence electrons. The van der Waals surface area contributed by atoms with Crippen LogP contribution in [0.3, 0.4) is 0 Å². The van der Waals surface area contributed by atoms with E-state index >= 15 is 0 Å². The van der Waals surface area contributed by atoms with Crippen molar-refractivity contribution in [3.63, 3.8) is 0 Å². The fourth-order valence-corrected chi connectivity index (χ4v) is 4.96. The van der Waals surface area contributed by atoms with Crippen LogP contribution in [-0.4, -0.2) is 17.0 Å². The van der Waals surface area contributed by atoms with Gasteiger partial charge in [-0.2, -0.15) is 0 Å². The number of halogens is 1. The molecule has 4 aromatic rings. The van der Waals surface area contributed by atoms with E-state index in [0.29, 0.717) is 11.3 Å². The molecule has 1 amide bonds. The summed E-state index contributed by atoms with van der Waals surface area (Å²) >= 11 is 0. The number of hydrogen-bond donors (Lipinski definition) is 2. The molecule has 0 unspecified atom stereocenters. The van der Waals surface area contributed by atoms with Gasteiger partial charge < -0.3 is 15.2 Å². The standard InChI is InChI=1S/C29H30FN3O/c30-23-12-14-24(15-13-23)32-29(34)22-11-16-28-26(19-22)25-9-4-5-10-27(25)33(28)18-6-17-31-20-21-7-2-1-3-8-21/h1-3,7-8,11-16,19,31H,4-6,9-10,17-18,20H2,(H,32,34). The van der Waals surface area contributed by atoms with Crippen molar-refractivity contribution in [1.82, 2.24) is 9.88 Å². The lowest BCUT2D eigenvalue weighted by Crippen LogP contribution is -2.17. The summed E-state index contributed by atoms with van der Waals surface area (Å²) in [5, 5.41) is 7.62. The van der Waals surface area contributed by atoms with Crippen molar-refractivity contribution in [3.05, 3.63) is 101 Å². The van der Waals surface area contributed by atoms with Gasteiger partial charge >= 0.3 is 0 Å². The second kappa shape index (κ2) is 10.2. The quantitative estimate of drug-likeness (QED) is 0.316. The van der Waals surface area contributed by atoms with Gasteiger partial charge in [-0.15, -0.1) is 0 Å². The van der Waals surface area contributed by atoms with Gasteiger partial charge in [-0.25, -0.2) is 4.39 Å². The highest BCUT2D eigenvalue weighted by Crippen LogP contribution is 2.33. The first kappa shape index (κ1) is 22.4. The zero-order valence-electron chi connectivity index (χ0n) is 19.3. The van der Waals surface area contributed by atoms with Crippen LogP contribution < -0.4 is 10.6 Å². The van der Waals surface area contributed by atoms with Crippen molar-refractivity contribution >= 4 is 22.5 Å². The number of hydrogen-bond acceptors (Lipinski definition) is 2. The molecule has 0 bridgehead atoms. The zero-order valence-corrected chi connectivity index (χ0v) is 19.3. The molecule has 2 N–H and O–H groups in total. The first-order chi connectivity index (χ1) is 16.7. The summed E-state index contributed by atoms with van der Waals surface area (Å²) in [6.07, 6.45) is 5.62. The molecule has 5 rings (SSSR count). The second-order valence-electron chi connectivity index (χ2n) is 8.99. The maximum Gasteiger partial charge on any atom is 0.255 e. The smallest absolute Gasteiger partial charge is 0.255 e. The first-order valence-corrected chi connectivity index (χ1v) is 12.1. The van der Waals surface area contributed by atoms with Crippen molar-refractivity contribution in [3.8, 4) is 0 Å². The first-order valence-electron chi connectivity index (χ1n) is 12.1. The van der Waals surface area contributed by atoms with E-state index in [1.807, 2.05) is 18.2 Å². The Morgan fingerprint density at radius 2 is 1.74 bits per heavy atom. The summed E-state index contributed by atoms with van der Waals surface area (Å²) in [5.74, 6) is -0.487. The minimum Gasteiger partial charge on any atom is -0.344 e. The second-order valence-corrected chi connectivity index (χ2v) is 8.99. The highest BCUT2D eigenvalue weighted by Gasteiger charge is 2.21. The number of anilines is 1. The molecule has 0 saturated heterocycles. The van der Waals surface area contributed by atoms with Crippen LogP contribution >= 0.6 is 0 Å². The van der Waals surface area contributed by atoms with E-state index in [2.05, 4.69) is 45.5 Å². The third kappa shape index (κ3) is 4.90. The molecule has 1 aromatic heterocycles. The average Bonchev–Trinajstić information content (AvgIpc) is 3.19. The lowest BCUT2D eigenvalue weighted by atomic mass is 9.95. The van der Waals surface area contributed by atoms with E-state index in [1.54, 1.807) is 12.1 Å². The minimum absolute atomic E-state index is 0.170. The van der Waals surface area contributed by atoms with E-state index in [-0.39, 0.29) is 11.7 Å². The molecule has 34 heavy (non-hydrogen) atoms. The summed E-state index contributed by atoms with van der Waals surface area (Å²) < 4.78 is 15.6. The van der Waals surface area contributed by atoms with Gasteiger partial charge in [-0.3, -0.25) is 4.79 Å². The molecule has 0 spiro atoms. The van der Waals surface area contributed by atoms with Gasteiger partial charge in [0, 0.05) is 40.9 Å². The summed E-state index contributed by atoms with van der Waals surface area (Å²) in [6.45, 7) is 2.81. The fraction of sp³-hybridized carbons (Fsp3) is 0.276. The number of amides is 1. The molecular weight excluding hydrogens is 425 g/mol. The predicted octanol–water partition coefficient (Wildman–Crippen LogP) is 6.09. The SMILES string of the molecule is O=C(Nc1ccc(F)cc1)c1ccc2c(c1)c1c(n2CCCNCc2ccccc2)CCCC1. The van der Waals surface area contributed by atoms with Gasteiger partial charge in [0.15, 0.2) is 0 Å². The van der Waals surface area contributed by atoms with Gasteiger partial charge in [-0.1, -0.05) is 30.3 Å². The van der Waals surface area contributed by atoms with Crippen molar-refractivity contribution in [2.24, 2.45) is 0 Å². The molecule has 0 aliphatic heterocycles. The van der Waals surface area contributed by atoms with E-state index in [1.165, 1.54) is 52.7 Å². The van der Waals surface area contributed by atoms with Crippen LogP contribution in [0.2, 0.25) is 0 Å². The Balaban J connectivity index is 1.31. The third-order valence-electron chi connectivity index (χ3n) is 6.65. The number of aryl methyl sites for hydroxylation is 2. The van der Waals surface area contributed by atoms with Crippen molar-refractivity contribution in [1.29, 1.82) is 0 Å². The minimum atomic E-state index is -0.317. The van der Waals surface area contributed by atoms with E-state index in [4.69, 9.17) is 0 Å².